The minimum Gasteiger partial charge on any atom is -0.311 e. The van der Waals surface area contributed by atoms with Crippen LogP contribution in [0.15, 0.2) is 171 Å². The Hall–Kier alpha value is -6.83. The van der Waals surface area contributed by atoms with Gasteiger partial charge in [0.05, 0.1) is 16.7 Å². The first kappa shape index (κ1) is 30.0. The summed E-state index contributed by atoms with van der Waals surface area (Å²) in [5.41, 5.74) is 11.6. The van der Waals surface area contributed by atoms with Crippen molar-refractivity contribution < 1.29 is 0 Å². The van der Waals surface area contributed by atoms with E-state index in [0.717, 1.165) is 72.4 Å². The lowest BCUT2D eigenvalue weighted by Gasteiger charge is -2.26. The largest absolute Gasteiger partial charge is 0.311 e. The monoisotopic (exact) mass is 684 g/mol. The van der Waals surface area contributed by atoms with Gasteiger partial charge in [0, 0.05) is 72.2 Å². The number of benzene rings is 6. The molecule has 0 unspecified atom stereocenters. The fraction of sp³-hybridized carbons (Fsp3) is 0. The van der Waals surface area contributed by atoms with Crippen LogP contribution in [0.1, 0.15) is 0 Å². The Bertz CT molecular complexity index is 2780. The first-order chi connectivity index (χ1) is 25.7. The summed E-state index contributed by atoms with van der Waals surface area (Å²) in [5.74, 6) is 0. The minimum atomic E-state index is 0.929. The van der Waals surface area contributed by atoms with E-state index in [-0.39, 0.29) is 0 Å². The van der Waals surface area contributed by atoms with E-state index >= 15 is 0 Å². The first-order valence-corrected chi connectivity index (χ1v) is 17.8. The number of thiophene rings is 1. The van der Waals surface area contributed by atoms with Gasteiger partial charge in [0.25, 0.3) is 0 Å². The van der Waals surface area contributed by atoms with Crippen LogP contribution in [-0.4, -0.2) is 24.9 Å². The number of anilines is 3. The molecule has 10 rings (SSSR count). The van der Waals surface area contributed by atoms with Crippen LogP contribution < -0.4 is 4.90 Å². The molecule has 0 aliphatic rings. The third kappa shape index (κ3) is 5.32. The topological polar surface area (TPSA) is 67.7 Å². The second kappa shape index (κ2) is 12.5. The molecule has 0 radical (unpaired) electrons. The Balaban J connectivity index is 1.04. The predicted molar refractivity (Wildman–Crippen MR) is 214 cm³/mol. The predicted octanol–water partition coefficient (Wildman–Crippen LogP) is 11.8. The normalized spacial score (nSPS) is 11.5. The number of hydrogen-bond acceptors (Lipinski definition) is 7. The first-order valence-electron chi connectivity index (χ1n) is 17.0. The van der Waals surface area contributed by atoms with Crippen LogP contribution >= 0.6 is 11.3 Å². The summed E-state index contributed by atoms with van der Waals surface area (Å²) in [6, 6.07) is 49.5. The molecule has 244 valence electrons. The summed E-state index contributed by atoms with van der Waals surface area (Å²) in [4.78, 5) is 24.4. The van der Waals surface area contributed by atoms with E-state index in [4.69, 9.17) is 4.98 Å². The van der Waals surface area contributed by atoms with Crippen LogP contribution in [0.3, 0.4) is 0 Å². The second-order valence-electron chi connectivity index (χ2n) is 12.7. The van der Waals surface area contributed by atoms with Crippen LogP contribution in [0.25, 0.3) is 75.5 Å². The molecular weight excluding hydrogens is 657 g/mol. The quantitative estimate of drug-likeness (QED) is 0.174. The van der Waals surface area contributed by atoms with E-state index in [9.17, 15) is 0 Å². The van der Waals surface area contributed by atoms with Crippen LogP contribution in [0.5, 0.6) is 0 Å². The average molecular weight is 685 g/mol. The third-order valence-corrected chi connectivity index (χ3v) is 10.8. The van der Waals surface area contributed by atoms with Crippen molar-refractivity contribution in [3.63, 3.8) is 0 Å². The Kier molecular flexibility index (Phi) is 7.22. The smallest absolute Gasteiger partial charge is 0.116 e. The molecule has 0 amide bonds. The third-order valence-electron chi connectivity index (χ3n) is 9.62. The summed E-state index contributed by atoms with van der Waals surface area (Å²) >= 11 is 1.81. The van der Waals surface area contributed by atoms with Crippen molar-refractivity contribution in [3.05, 3.63) is 171 Å². The molecule has 0 saturated heterocycles. The molecule has 0 aliphatic heterocycles. The van der Waals surface area contributed by atoms with Gasteiger partial charge in [-0.1, -0.05) is 78.9 Å². The van der Waals surface area contributed by atoms with Crippen molar-refractivity contribution in [1.82, 2.24) is 24.9 Å². The number of nitrogens with zero attached hydrogens (tertiary/aromatic N) is 6. The number of fused-ring (bicyclic) bond motifs is 5. The van der Waals surface area contributed by atoms with Gasteiger partial charge in [-0.15, -0.1) is 11.3 Å². The van der Waals surface area contributed by atoms with Gasteiger partial charge >= 0.3 is 0 Å². The van der Waals surface area contributed by atoms with Gasteiger partial charge in [0.2, 0.25) is 0 Å². The van der Waals surface area contributed by atoms with Gasteiger partial charge in [-0.3, -0.25) is 4.98 Å². The number of pyridine rings is 1. The lowest BCUT2D eigenvalue weighted by atomic mass is 10.0. The molecule has 0 fully saturated rings. The maximum Gasteiger partial charge on any atom is 0.116 e. The van der Waals surface area contributed by atoms with Crippen molar-refractivity contribution in [1.29, 1.82) is 0 Å². The maximum absolute atomic E-state index is 4.88. The van der Waals surface area contributed by atoms with E-state index in [1.807, 2.05) is 29.9 Å². The molecule has 0 saturated carbocycles. The minimum absolute atomic E-state index is 0.929. The Labute approximate surface area is 303 Å². The SMILES string of the molecule is c1ccc2c(c1)sc1ccnc(-c3ccc(N(c4ccc(-c5ccc6cncnc6c5)cc4)c4ccc(-c5ccc6cncnc6c5)cc4)cc3)c12. The molecule has 0 aliphatic carbocycles. The van der Waals surface area contributed by atoms with E-state index in [0.29, 0.717) is 0 Å². The summed E-state index contributed by atoms with van der Waals surface area (Å²) in [7, 11) is 0. The van der Waals surface area contributed by atoms with Gasteiger partial charge in [-0.2, -0.15) is 0 Å². The van der Waals surface area contributed by atoms with Crippen molar-refractivity contribution in [3.8, 4) is 33.5 Å². The average Bonchev–Trinajstić information content (AvgIpc) is 3.61. The van der Waals surface area contributed by atoms with Crippen LogP contribution in [0.2, 0.25) is 0 Å². The van der Waals surface area contributed by atoms with Crippen LogP contribution in [0.4, 0.5) is 17.1 Å². The van der Waals surface area contributed by atoms with Crippen molar-refractivity contribution in [2.45, 2.75) is 0 Å². The molecule has 6 nitrogen and oxygen atoms in total. The Morgan fingerprint density at radius 3 is 1.54 bits per heavy atom. The number of rotatable bonds is 6. The van der Waals surface area contributed by atoms with Gasteiger partial charge in [0.15, 0.2) is 0 Å². The van der Waals surface area contributed by atoms with E-state index < -0.39 is 0 Å². The fourth-order valence-electron chi connectivity index (χ4n) is 7.02. The van der Waals surface area contributed by atoms with E-state index in [1.54, 1.807) is 12.7 Å². The fourth-order valence-corrected chi connectivity index (χ4v) is 8.12. The molecule has 4 heterocycles. The highest BCUT2D eigenvalue weighted by molar-refractivity contribution is 7.25. The molecular formula is C45H28N6S. The van der Waals surface area contributed by atoms with E-state index in [1.165, 1.54) is 20.2 Å². The Morgan fingerprint density at radius 2 is 0.962 bits per heavy atom. The van der Waals surface area contributed by atoms with Gasteiger partial charge < -0.3 is 4.90 Å². The van der Waals surface area contributed by atoms with Crippen molar-refractivity contribution in [2.75, 3.05) is 4.90 Å². The van der Waals surface area contributed by atoms with Gasteiger partial charge in [-0.25, -0.2) is 19.9 Å². The zero-order valence-corrected chi connectivity index (χ0v) is 28.6. The van der Waals surface area contributed by atoms with Crippen molar-refractivity contribution >= 4 is 70.4 Å². The summed E-state index contributed by atoms with van der Waals surface area (Å²) in [6.45, 7) is 0. The molecule has 7 heteroatoms. The Morgan fingerprint density at radius 1 is 0.442 bits per heavy atom. The summed E-state index contributed by atoms with van der Waals surface area (Å²) in [5, 5.41) is 4.50. The van der Waals surface area contributed by atoms with Crippen LogP contribution in [-0.2, 0) is 0 Å². The summed E-state index contributed by atoms with van der Waals surface area (Å²) < 4.78 is 2.52. The molecule has 4 aromatic heterocycles. The standard InChI is InChI=1S/C45H28N6S/c1-2-4-42-39(3-1)44-43(52-42)21-22-48-45(44)31-13-19-38(20-14-31)51(36-15-9-29(10-16-36)32-5-7-34-25-46-27-49-40(34)23-32)37-17-11-30(12-18-37)33-6-8-35-26-47-28-50-41(35)24-33/h1-28H. The van der Waals surface area contributed by atoms with Crippen LogP contribution in [0, 0.1) is 0 Å². The number of hydrogen-bond donors (Lipinski definition) is 0. The maximum atomic E-state index is 4.88. The molecule has 52 heavy (non-hydrogen) atoms. The molecule has 6 aromatic carbocycles. The molecule has 0 bridgehead atoms. The lowest BCUT2D eigenvalue weighted by molar-refractivity contribution is 1.22. The van der Waals surface area contributed by atoms with Gasteiger partial charge in [0.1, 0.15) is 12.7 Å². The molecule has 0 spiro atoms. The highest BCUT2D eigenvalue weighted by Gasteiger charge is 2.16. The lowest BCUT2D eigenvalue weighted by Crippen LogP contribution is -2.09. The molecule has 0 atom stereocenters. The highest BCUT2D eigenvalue weighted by atomic mass is 32.1. The number of aromatic nitrogens is 5. The van der Waals surface area contributed by atoms with E-state index in [2.05, 4.69) is 164 Å². The summed E-state index contributed by atoms with van der Waals surface area (Å²) in [6.07, 6.45) is 8.80. The zero-order chi connectivity index (χ0) is 34.4. The zero-order valence-electron chi connectivity index (χ0n) is 27.8. The molecule has 0 N–H and O–H groups in total. The second-order valence-corrected chi connectivity index (χ2v) is 13.8. The van der Waals surface area contributed by atoms with Gasteiger partial charge in [-0.05, 0) is 82.9 Å². The van der Waals surface area contributed by atoms with Crippen molar-refractivity contribution in [2.24, 2.45) is 0 Å². The molecule has 10 aromatic rings. The highest BCUT2D eigenvalue weighted by Crippen LogP contribution is 2.41.